The number of carbonyl (C=O) groups excluding carboxylic acids is 1. The van der Waals surface area contributed by atoms with Crippen molar-refractivity contribution < 1.29 is 31.1 Å². The van der Waals surface area contributed by atoms with Crippen molar-refractivity contribution in [2.75, 3.05) is 0 Å². The number of benzene rings is 3. The molecule has 1 unspecified atom stereocenters. The number of alkyl halides is 6. The normalized spacial score (nSPS) is 13.6. The van der Waals surface area contributed by atoms with Gasteiger partial charge in [-0.3, -0.25) is 9.78 Å². The van der Waals surface area contributed by atoms with Crippen LogP contribution in [0.25, 0.3) is 0 Å². The maximum Gasteiger partial charge on any atom is 0.416 e. The molecule has 0 bridgehead atoms. The lowest BCUT2D eigenvalue weighted by Gasteiger charge is -2.36. The highest BCUT2D eigenvalue weighted by atomic mass is 19.4. The van der Waals surface area contributed by atoms with Gasteiger partial charge in [-0.1, -0.05) is 54.6 Å². The maximum atomic E-state index is 13.7. The minimum Gasteiger partial charge on any atom is -0.337 e. The van der Waals surface area contributed by atoms with Crippen LogP contribution in [0.2, 0.25) is 0 Å². The van der Waals surface area contributed by atoms with E-state index in [1.165, 1.54) is 31.3 Å². The zero-order chi connectivity index (χ0) is 27.6. The third kappa shape index (κ3) is 5.56. The largest absolute Gasteiger partial charge is 0.416 e. The zero-order valence-electron chi connectivity index (χ0n) is 20.1. The van der Waals surface area contributed by atoms with E-state index in [1.807, 2.05) is 0 Å². The summed E-state index contributed by atoms with van der Waals surface area (Å²) in [5.74, 6) is -0.882. The highest BCUT2D eigenvalue weighted by Crippen LogP contribution is 2.38. The van der Waals surface area contributed by atoms with E-state index in [2.05, 4.69) is 10.3 Å². The second-order valence-electron chi connectivity index (χ2n) is 8.79. The van der Waals surface area contributed by atoms with Gasteiger partial charge in [0.1, 0.15) is 5.54 Å². The van der Waals surface area contributed by atoms with E-state index < -0.39 is 34.9 Å². The lowest BCUT2D eigenvalue weighted by atomic mass is 9.79. The van der Waals surface area contributed by atoms with Gasteiger partial charge >= 0.3 is 12.4 Å². The second-order valence-corrected chi connectivity index (χ2v) is 8.79. The molecule has 0 fully saturated rings. The number of nitrogens with one attached hydrogen (secondary N) is 1. The van der Waals surface area contributed by atoms with Gasteiger partial charge in [-0.25, -0.2) is 0 Å². The Bertz CT molecular complexity index is 1420. The fraction of sp³-hybridized carbons (Fsp3) is 0.172. The fourth-order valence-electron chi connectivity index (χ4n) is 4.45. The minimum atomic E-state index is -4.69. The smallest absolute Gasteiger partial charge is 0.337 e. The number of nitrogens with zero attached hydrogens (tertiary/aromatic N) is 1. The van der Waals surface area contributed by atoms with Crippen LogP contribution in [0.3, 0.4) is 0 Å². The molecular weight excluding hydrogens is 506 g/mol. The van der Waals surface area contributed by atoms with Crippen LogP contribution in [-0.2, 0) is 24.3 Å². The van der Waals surface area contributed by atoms with Crippen LogP contribution in [0, 0.1) is 6.92 Å². The summed E-state index contributed by atoms with van der Waals surface area (Å²) in [6.45, 7) is 1.18. The van der Waals surface area contributed by atoms with Gasteiger partial charge in [-0.05, 0) is 60.0 Å². The molecule has 1 atom stereocenters. The van der Waals surface area contributed by atoms with Crippen molar-refractivity contribution in [1.82, 2.24) is 10.3 Å². The Hall–Kier alpha value is -4.14. The molecule has 1 heterocycles. The molecule has 38 heavy (non-hydrogen) atoms. The number of amides is 1. The van der Waals surface area contributed by atoms with Gasteiger partial charge in [0.25, 0.3) is 5.91 Å². The molecule has 0 aliphatic carbocycles. The molecule has 3 aromatic carbocycles. The highest BCUT2D eigenvalue weighted by Gasteiger charge is 2.41. The number of hydrogen-bond donors (Lipinski definition) is 1. The minimum absolute atomic E-state index is 0.0179. The monoisotopic (exact) mass is 528 g/mol. The van der Waals surface area contributed by atoms with E-state index in [1.54, 1.807) is 48.5 Å². The Morgan fingerprint density at radius 1 is 0.763 bits per heavy atom. The second kappa shape index (κ2) is 10.3. The summed E-state index contributed by atoms with van der Waals surface area (Å²) in [6, 6.07) is 21.3. The molecule has 0 aliphatic rings. The van der Waals surface area contributed by atoms with Crippen molar-refractivity contribution in [1.29, 1.82) is 0 Å². The number of halogens is 6. The third-order valence-electron chi connectivity index (χ3n) is 6.31. The topological polar surface area (TPSA) is 42.0 Å². The molecule has 1 aromatic heterocycles. The van der Waals surface area contributed by atoms with E-state index in [0.717, 1.165) is 24.3 Å². The Balaban J connectivity index is 1.94. The lowest BCUT2D eigenvalue weighted by Crippen LogP contribution is -2.49. The molecule has 0 radical (unpaired) electrons. The average Bonchev–Trinajstić information content (AvgIpc) is 2.88. The van der Waals surface area contributed by atoms with E-state index in [9.17, 15) is 31.1 Å². The Labute approximate surface area is 215 Å². The van der Waals surface area contributed by atoms with E-state index in [-0.39, 0.29) is 28.8 Å². The average molecular weight is 528 g/mol. The van der Waals surface area contributed by atoms with Crippen molar-refractivity contribution in [3.63, 3.8) is 0 Å². The molecular formula is C29H22F6N2O. The van der Waals surface area contributed by atoms with Crippen molar-refractivity contribution in [2.24, 2.45) is 0 Å². The van der Waals surface area contributed by atoms with Crippen LogP contribution in [0.4, 0.5) is 26.3 Å². The first-order valence-corrected chi connectivity index (χ1v) is 11.5. The predicted octanol–water partition coefficient (Wildman–Crippen LogP) is 7.34. The quantitative estimate of drug-likeness (QED) is 0.266. The molecule has 0 aliphatic heterocycles. The standard InChI is InChI=1S/C29H22F6N2O/c1-19-23(13-8-14-24(19)29(33,34)35)26(38)37-27(25-15-5-6-16-36-25,18-20-9-3-2-4-10-20)21-11-7-12-22(17-21)28(30,31)32/h2-17H,18H2,1H3,(H,37,38). The molecule has 0 spiro atoms. The lowest BCUT2D eigenvalue weighted by molar-refractivity contribution is -0.138. The highest BCUT2D eigenvalue weighted by molar-refractivity contribution is 5.97. The van der Waals surface area contributed by atoms with Crippen LogP contribution < -0.4 is 5.32 Å². The van der Waals surface area contributed by atoms with Gasteiger partial charge in [0.05, 0.1) is 16.8 Å². The van der Waals surface area contributed by atoms with E-state index in [0.29, 0.717) is 5.56 Å². The molecule has 0 saturated heterocycles. The van der Waals surface area contributed by atoms with Gasteiger partial charge in [-0.15, -0.1) is 0 Å². The number of rotatable bonds is 6. The molecule has 1 N–H and O–H groups in total. The molecule has 3 nitrogen and oxygen atoms in total. The number of pyridine rings is 1. The van der Waals surface area contributed by atoms with Crippen LogP contribution >= 0.6 is 0 Å². The Morgan fingerprint density at radius 3 is 2.05 bits per heavy atom. The Morgan fingerprint density at radius 2 is 1.42 bits per heavy atom. The number of hydrogen-bond acceptors (Lipinski definition) is 2. The van der Waals surface area contributed by atoms with Crippen molar-refractivity contribution in [2.45, 2.75) is 31.2 Å². The summed E-state index contributed by atoms with van der Waals surface area (Å²) in [4.78, 5) is 18.0. The van der Waals surface area contributed by atoms with Crippen LogP contribution in [0.15, 0.2) is 97.2 Å². The maximum absolute atomic E-state index is 13.7. The SMILES string of the molecule is Cc1c(C(=O)NC(Cc2ccccc2)(c2cccc(C(F)(F)F)c2)c2ccccn2)cccc1C(F)(F)F. The van der Waals surface area contributed by atoms with Crippen molar-refractivity contribution >= 4 is 5.91 Å². The Kier molecular flexibility index (Phi) is 7.31. The van der Waals surface area contributed by atoms with Gasteiger partial charge in [0.15, 0.2) is 0 Å². The summed E-state index contributed by atoms with van der Waals surface area (Å²) < 4.78 is 81.8. The first-order valence-electron chi connectivity index (χ1n) is 11.5. The predicted molar refractivity (Wildman–Crippen MR) is 130 cm³/mol. The van der Waals surface area contributed by atoms with Crippen LogP contribution in [-0.4, -0.2) is 10.9 Å². The summed E-state index contributed by atoms with van der Waals surface area (Å²) >= 11 is 0. The zero-order valence-corrected chi connectivity index (χ0v) is 20.1. The first-order chi connectivity index (χ1) is 17.9. The first kappa shape index (κ1) is 26.9. The molecule has 4 aromatic rings. The van der Waals surface area contributed by atoms with Gasteiger partial charge in [0, 0.05) is 18.2 Å². The summed E-state index contributed by atoms with van der Waals surface area (Å²) in [7, 11) is 0. The summed E-state index contributed by atoms with van der Waals surface area (Å²) in [5, 5.41) is 2.79. The molecule has 1 amide bonds. The molecule has 0 saturated carbocycles. The van der Waals surface area contributed by atoms with Crippen molar-refractivity contribution in [3.05, 3.63) is 136 Å². The summed E-state index contributed by atoms with van der Waals surface area (Å²) in [5.41, 5.74) is -3.15. The fourth-order valence-corrected chi connectivity index (χ4v) is 4.45. The number of aromatic nitrogens is 1. The summed E-state index contributed by atoms with van der Waals surface area (Å²) in [6.07, 6.45) is -7.94. The number of carbonyl (C=O) groups is 1. The van der Waals surface area contributed by atoms with Gasteiger partial charge in [0.2, 0.25) is 0 Å². The van der Waals surface area contributed by atoms with E-state index in [4.69, 9.17) is 0 Å². The van der Waals surface area contributed by atoms with Crippen LogP contribution in [0.1, 0.15) is 43.9 Å². The van der Waals surface area contributed by atoms with Gasteiger partial charge < -0.3 is 5.32 Å². The van der Waals surface area contributed by atoms with E-state index >= 15 is 0 Å². The van der Waals surface area contributed by atoms with Crippen molar-refractivity contribution in [3.8, 4) is 0 Å². The third-order valence-corrected chi connectivity index (χ3v) is 6.31. The molecule has 4 rings (SSSR count). The molecule has 9 heteroatoms. The van der Waals surface area contributed by atoms with Gasteiger partial charge in [-0.2, -0.15) is 26.3 Å². The molecule has 196 valence electrons. The van der Waals surface area contributed by atoms with Crippen LogP contribution in [0.5, 0.6) is 0 Å².